The Morgan fingerprint density at radius 3 is 2.26 bits per heavy atom. The lowest BCUT2D eigenvalue weighted by Crippen LogP contribution is -2.45. The SMILES string of the molecule is CC(C)[C@@H](CC(=O)NC1C=CCC(C(=O)O)C1)NC(=O)OCC1c2ccccc2-c2ccccc21. The van der Waals surface area contributed by atoms with E-state index in [1.807, 2.05) is 44.2 Å². The molecule has 2 amide bonds. The number of allylic oxidation sites excluding steroid dienone is 1. The summed E-state index contributed by atoms with van der Waals surface area (Å²) in [7, 11) is 0. The van der Waals surface area contributed by atoms with Gasteiger partial charge in [0.25, 0.3) is 0 Å². The van der Waals surface area contributed by atoms with Gasteiger partial charge in [0.05, 0.1) is 5.92 Å². The number of hydrogen-bond donors (Lipinski definition) is 3. The zero-order valence-corrected chi connectivity index (χ0v) is 20.1. The van der Waals surface area contributed by atoms with Crippen LogP contribution in [0.2, 0.25) is 0 Å². The van der Waals surface area contributed by atoms with Gasteiger partial charge in [-0.25, -0.2) is 4.79 Å². The van der Waals surface area contributed by atoms with Gasteiger partial charge in [-0.2, -0.15) is 0 Å². The van der Waals surface area contributed by atoms with Gasteiger partial charge >= 0.3 is 12.1 Å². The van der Waals surface area contributed by atoms with Crippen LogP contribution in [0.4, 0.5) is 4.79 Å². The molecule has 7 nitrogen and oxygen atoms in total. The molecule has 0 fully saturated rings. The monoisotopic (exact) mass is 476 g/mol. The summed E-state index contributed by atoms with van der Waals surface area (Å²) in [5.41, 5.74) is 4.61. The topological polar surface area (TPSA) is 105 Å². The summed E-state index contributed by atoms with van der Waals surface area (Å²) < 4.78 is 5.63. The van der Waals surface area contributed by atoms with Crippen molar-refractivity contribution >= 4 is 18.0 Å². The number of benzene rings is 2. The van der Waals surface area contributed by atoms with Gasteiger partial charge in [0, 0.05) is 24.4 Å². The average Bonchev–Trinajstić information content (AvgIpc) is 3.16. The highest BCUT2D eigenvalue weighted by Gasteiger charge is 2.30. The first-order valence-corrected chi connectivity index (χ1v) is 12.1. The van der Waals surface area contributed by atoms with E-state index in [-0.39, 0.29) is 36.8 Å². The first-order chi connectivity index (χ1) is 16.8. The van der Waals surface area contributed by atoms with E-state index in [9.17, 15) is 19.5 Å². The van der Waals surface area contributed by atoms with Gasteiger partial charge < -0.3 is 20.5 Å². The van der Waals surface area contributed by atoms with Crippen LogP contribution < -0.4 is 10.6 Å². The Kier molecular flexibility index (Phi) is 7.54. The summed E-state index contributed by atoms with van der Waals surface area (Å²) in [4.78, 5) is 36.6. The number of rotatable bonds is 8. The van der Waals surface area contributed by atoms with Crippen molar-refractivity contribution in [3.63, 3.8) is 0 Å². The molecule has 2 aromatic carbocycles. The number of carbonyl (C=O) groups excluding carboxylic acids is 2. The standard InChI is InChI=1S/C28H32N2O5/c1-17(2)25(15-26(31)29-19-9-7-8-18(14-19)27(32)33)30-28(34)35-16-24-22-12-5-3-10-20(22)21-11-4-6-13-23(21)24/h3-7,9-13,17-19,24-25H,8,14-16H2,1-2H3,(H,29,31)(H,30,34)(H,32,33)/t18?,19?,25-/m1/s1. The van der Waals surface area contributed by atoms with Crippen LogP contribution in [0.3, 0.4) is 0 Å². The number of nitrogens with one attached hydrogen (secondary N) is 2. The fourth-order valence-electron chi connectivity index (χ4n) is 4.91. The number of amides is 2. The summed E-state index contributed by atoms with van der Waals surface area (Å²) in [5, 5.41) is 15.0. The maximum atomic E-state index is 12.7. The van der Waals surface area contributed by atoms with Crippen molar-refractivity contribution in [1.82, 2.24) is 10.6 Å². The molecule has 184 valence electrons. The lowest BCUT2D eigenvalue weighted by molar-refractivity contribution is -0.142. The minimum Gasteiger partial charge on any atom is -0.481 e. The summed E-state index contributed by atoms with van der Waals surface area (Å²) in [6, 6.07) is 15.6. The molecule has 0 radical (unpaired) electrons. The lowest BCUT2D eigenvalue weighted by atomic mass is 9.91. The molecule has 3 N–H and O–H groups in total. The smallest absolute Gasteiger partial charge is 0.407 e. The van der Waals surface area contributed by atoms with Crippen LogP contribution >= 0.6 is 0 Å². The predicted molar refractivity (Wildman–Crippen MR) is 133 cm³/mol. The molecule has 7 heteroatoms. The highest BCUT2D eigenvalue weighted by atomic mass is 16.5. The van der Waals surface area contributed by atoms with Crippen molar-refractivity contribution in [3.8, 4) is 11.1 Å². The molecular formula is C28H32N2O5. The number of aliphatic carboxylic acids is 1. The molecule has 4 rings (SSSR count). The average molecular weight is 477 g/mol. The van der Waals surface area contributed by atoms with Crippen molar-refractivity contribution in [2.75, 3.05) is 6.61 Å². The number of hydrogen-bond acceptors (Lipinski definition) is 4. The molecule has 0 bridgehead atoms. The Morgan fingerprint density at radius 1 is 1.03 bits per heavy atom. The molecule has 2 unspecified atom stereocenters. The van der Waals surface area contributed by atoms with Crippen LogP contribution in [0.5, 0.6) is 0 Å². The second kappa shape index (κ2) is 10.8. The first kappa shape index (κ1) is 24.5. The summed E-state index contributed by atoms with van der Waals surface area (Å²) in [6.45, 7) is 4.08. The van der Waals surface area contributed by atoms with Gasteiger partial charge in [-0.05, 0) is 41.0 Å². The number of ether oxygens (including phenoxy) is 1. The summed E-state index contributed by atoms with van der Waals surface area (Å²) in [6.07, 6.45) is 4.00. The van der Waals surface area contributed by atoms with E-state index in [4.69, 9.17) is 4.74 Å². The van der Waals surface area contributed by atoms with Crippen molar-refractivity contribution in [2.24, 2.45) is 11.8 Å². The van der Waals surface area contributed by atoms with Crippen molar-refractivity contribution in [1.29, 1.82) is 0 Å². The molecule has 2 aliphatic carbocycles. The van der Waals surface area contributed by atoms with Crippen molar-refractivity contribution in [2.45, 2.75) is 51.1 Å². The molecule has 0 heterocycles. The van der Waals surface area contributed by atoms with Gasteiger partial charge in [-0.15, -0.1) is 0 Å². The number of carboxylic acid groups (broad SMARTS) is 1. The quantitative estimate of drug-likeness (QED) is 0.488. The predicted octanol–water partition coefficient (Wildman–Crippen LogP) is 4.48. The zero-order valence-electron chi connectivity index (χ0n) is 20.1. The molecular weight excluding hydrogens is 444 g/mol. The summed E-state index contributed by atoms with van der Waals surface area (Å²) >= 11 is 0. The largest absolute Gasteiger partial charge is 0.481 e. The van der Waals surface area contributed by atoms with E-state index in [1.54, 1.807) is 6.08 Å². The number of alkyl carbamates (subject to hydrolysis) is 1. The normalized spacial score (nSPS) is 19.5. The molecule has 0 aromatic heterocycles. The second-order valence-electron chi connectivity index (χ2n) is 9.63. The van der Waals surface area contributed by atoms with Gasteiger partial charge in [0.1, 0.15) is 6.61 Å². The van der Waals surface area contributed by atoms with E-state index in [0.29, 0.717) is 12.8 Å². The van der Waals surface area contributed by atoms with Crippen LogP contribution in [0.15, 0.2) is 60.7 Å². The van der Waals surface area contributed by atoms with Crippen molar-refractivity contribution in [3.05, 3.63) is 71.8 Å². The highest BCUT2D eigenvalue weighted by molar-refractivity contribution is 5.80. The minimum absolute atomic E-state index is 0.00917. The molecule has 0 saturated heterocycles. The molecule has 0 aliphatic heterocycles. The lowest BCUT2D eigenvalue weighted by Gasteiger charge is -2.26. The van der Waals surface area contributed by atoms with Crippen LogP contribution in [0.25, 0.3) is 11.1 Å². The fourth-order valence-corrected chi connectivity index (χ4v) is 4.91. The molecule has 35 heavy (non-hydrogen) atoms. The molecule has 0 saturated carbocycles. The third-order valence-electron chi connectivity index (χ3n) is 6.88. The molecule has 2 aromatic rings. The number of fused-ring (bicyclic) bond motifs is 3. The second-order valence-corrected chi connectivity index (χ2v) is 9.63. The molecule has 0 spiro atoms. The summed E-state index contributed by atoms with van der Waals surface area (Å²) in [5.74, 6) is -1.61. The molecule has 3 atom stereocenters. The Morgan fingerprint density at radius 2 is 1.66 bits per heavy atom. The Labute approximate surface area is 205 Å². The van der Waals surface area contributed by atoms with E-state index in [0.717, 1.165) is 22.3 Å². The van der Waals surface area contributed by atoms with Crippen LogP contribution in [0.1, 0.15) is 50.2 Å². The third kappa shape index (κ3) is 5.73. The zero-order chi connectivity index (χ0) is 24.9. The molecule has 2 aliphatic rings. The van der Waals surface area contributed by atoms with E-state index in [1.165, 1.54) is 0 Å². The third-order valence-corrected chi connectivity index (χ3v) is 6.88. The Balaban J connectivity index is 1.33. The number of carbonyl (C=O) groups is 3. The Hall–Kier alpha value is -3.61. The maximum Gasteiger partial charge on any atom is 0.407 e. The minimum atomic E-state index is -0.856. The van der Waals surface area contributed by atoms with Crippen LogP contribution in [-0.4, -0.2) is 41.8 Å². The Bertz CT molecular complexity index is 1080. The van der Waals surface area contributed by atoms with Gasteiger partial charge in [-0.1, -0.05) is 74.5 Å². The number of carboxylic acids is 1. The van der Waals surface area contributed by atoms with Gasteiger partial charge in [0.2, 0.25) is 5.91 Å². The first-order valence-electron chi connectivity index (χ1n) is 12.1. The van der Waals surface area contributed by atoms with E-state index in [2.05, 4.69) is 34.9 Å². The highest BCUT2D eigenvalue weighted by Crippen LogP contribution is 2.44. The fraction of sp³-hybridized carbons (Fsp3) is 0.393. The van der Waals surface area contributed by atoms with Crippen LogP contribution in [-0.2, 0) is 14.3 Å². The van der Waals surface area contributed by atoms with E-state index < -0.39 is 24.0 Å². The van der Waals surface area contributed by atoms with Crippen molar-refractivity contribution < 1.29 is 24.2 Å². The van der Waals surface area contributed by atoms with Gasteiger partial charge in [-0.3, -0.25) is 9.59 Å². The van der Waals surface area contributed by atoms with Gasteiger partial charge in [0.15, 0.2) is 0 Å². The van der Waals surface area contributed by atoms with Crippen LogP contribution in [0, 0.1) is 11.8 Å². The van der Waals surface area contributed by atoms with E-state index >= 15 is 0 Å². The maximum absolute atomic E-state index is 12.7.